The van der Waals surface area contributed by atoms with Crippen molar-refractivity contribution in [1.29, 1.82) is 0 Å². The summed E-state index contributed by atoms with van der Waals surface area (Å²) in [6.07, 6.45) is 1.67. The summed E-state index contributed by atoms with van der Waals surface area (Å²) in [4.78, 5) is 2.35. The van der Waals surface area contributed by atoms with E-state index in [9.17, 15) is 13.5 Å². The third kappa shape index (κ3) is 6.60. The molecule has 1 saturated heterocycles. The first-order valence-corrected chi connectivity index (χ1v) is 13.3. The highest BCUT2D eigenvalue weighted by Crippen LogP contribution is 2.38. The van der Waals surface area contributed by atoms with Gasteiger partial charge in [0.05, 0.1) is 23.7 Å². The number of hydrogen-bond acceptors (Lipinski definition) is 6. The number of nitrogens with one attached hydrogen (secondary N) is 1. The first-order valence-electron chi connectivity index (χ1n) is 11.9. The molecule has 0 amide bonds. The largest absolute Gasteiger partial charge is 0.392 e. The summed E-state index contributed by atoms with van der Waals surface area (Å²) in [5.74, 6) is 0. The van der Waals surface area contributed by atoms with E-state index in [4.69, 9.17) is 9.47 Å². The van der Waals surface area contributed by atoms with Crippen LogP contribution in [0, 0.1) is 0 Å². The Bertz CT molecular complexity index is 1230. The topological polar surface area (TPSA) is 88.1 Å². The lowest BCUT2D eigenvalue weighted by molar-refractivity contribution is -0.252. The Kier molecular flexibility index (Phi) is 8.56. The van der Waals surface area contributed by atoms with E-state index in [0.717, 1.165) is 23.2 Å². The first kappa shape index (κ1) is 26.1. The molecule has 1 heterocycles. The predicted octanol–water partition coefficient (Wildman–Crippen LogP) is 4.64. The second-order valence-corrected chi connectivity index (χ2v) is 10.6. The Morgan fingerprint density at radius 1 is 1.00 bits per heavy atom. The van der Waals surface area contributed by atoms with Crippen LogP contribution in [0.3, 0.4) is 0 Å². The molecule has 4 rings (SSSR count). The average molecular weight is 509 g/mol. The number of sulfonamides is 1. The molecule has 3 aromatic carbocycles. The van der Waals surface area contributed by atoms with Gasteiger partial charge in [-0.05, 0) is 42.4 Å². The minimum Gasteiger partial charge on any atom is -0.392 e. The monoisotopic (exact) mass is 508 g/mol. The van der Waals surface area contributed by atoms with Crippen LogP contribution in [0.1, 0.15) is 35.5 Å². The fourth-order valence-corrected chi connectivity index (χ4v) is 5.28. The molecule has 0 aromatic heterocycles. The molecule has 190 valence electrons. The van der Waals surface area contributed by atoms with Crippen LogP contribution in [0.5, 0.6) is 0 Å². The van der Waals surface area contributed by atoms with Gasteiger partial charge in [0.1, 0.15) is 0 Å². The number of rotatable bonds is 10. The maximum atomic E-state index is 12.6. The van der Waals surface area contributed by atoms with Gasteiger partial charge < -0.3 is 19.5 Å². The minimum absolute atomic E-state index is 0.00705. The van der Waals surface area contributed by atoms with Gasteiger partial charge in [0.2, 0.25) is 0 Å². The number of likely N-dealkylation sites (N-methyl/N-ethyl adjacent to an activating group) is 1. The van der Waals surface area contributed by atoms with Crippen molar-refractivity contribution in [3.05, 3.63) is 108 Å². The molecule has 0 bridgehead atoms. The van der Waals surface area contributed by atoms with Crippen molar-refractivity contribution < 1.29 is 23.0 Å². The molecular formula is C28H32N2O5S. The first-order chi connectivity index (χ1) is 17.4. The zero-order valence-electron chi connectivity index (χ0n) is 20.3. The SMILES string of the molecule is C=CCN(C)C[C@@H]1C[C@H](c2ccc(CO)cc2)O[C@H](c2ccc(NS(=O)(=O)c3ccccc3)cc2)O1. The second-order valence-electron chi connectivity index (χ2n) is 8.90. The van der Waals surface area contributed by atoms with Crippen molar-refractivity contribution in [3.8, 4) is 0 Å². The lowest BCUT2D eigenvalue weighted by Gasteiger charge is -2.37. The van der Waals surface area contributed by atoms with Crippen LogP contribution < -0.4 is 4.72 Å². The summed E-state index contributed by atoms with van der Waals surface area (Å²) in [6.45, 7) is 5.27. The van der Waals surface area contributed by atoms with Gasteiger partial charge in [-0.3, -0.25) is 4.72 Å². The Labute approximate surface area is 213 Å². The molecule has 1 aliphatic rings. The van der Waals surface area contributed by atoms with E-state index in [1.54, 1.807) is 42.5 Å². The van der Waals surface area contributed by atoms with Crippen molar-refractivity contribution in [3.63, 3.8) is 0 Å². The van der Waals surface area contributed by atoms with Gasteiger partial charge >= 0.3 is 0 Å². The number of anilines is 1. The summed E-state index contributed by atoms with van der Waals surface area (Å²) in [5.41, 5.74) is 3.12. The van der Waals surface area contributed by atoms with Gasteiger partial charge in [-0.15, -0.1) is 6.58 Å². The molecule has 0 spiro atoms. The minimum atomic E-state index is -3.67. The predicted molar refractivity (Wildman–Crippen MR) is 140 cm³/mol. The van der Waals surface area contributed by atoms with Gasteiger partial charge in [-0.1, -0.05) is 60.7 Å². The smallest absolute Gasteiger partial charge is 0.261 e. The fourth-order valence-electron chi connectivity index (χ4n) is 4.20. The maximum Gasteiger partial charge on any atom is 0.261 e. The zero-order chi connectivity index (χ0) is 25.5. The van der Waals surface area contributed by atoms with E-state index >= 15 is 0 Å². The third-order valence-electron chi connectivity index (χ3n) is 6.06. The van der Waals surface area contributed by atoms with Gasteiger partial charge in [-0.2, -0.15) is 0 Å². The molecule has 1 aliphatic heterocycles. The van der Waals surface area contributed by atoms with Crippen LogP contribution in [-0.2, 0) is 26.1 Å². The highest BCUT2D eigenvalue weighted by Gasteiger charge is 2.32. The Balaban J connectivity index is 1.52. The molecule has 1 fully saturated rings. The molecule has 0 unspecified atom stereocenters. The molecule has 0 saturated carbocycles. The summed E-state index contributed by atoms with van der Waals surface area (Å²) < 4.78 is 40.6. The van der Waals surface area contributed by atoms with Crippen molar-refractivity contribution in [2.24, 2.45) is 0 Å². The van der Waals surface area contributed by atoms with Crippen molar-refractivity contribution in [2.75, 3.05) is 24.9 Å². The standard InChI is InChI=1S/C28H32N2O5S/c1-3-17-30(2)19-25-18-27(22-11-9-21(20-31)10-12-22)35-28(34-25)23-13-15-24(16-14-23)29-36(32,33)26-7-5-4-6-8-26/h3-16,25,27-29,31H,1,17-20H2,2H3/t25-,27+,28+/m0/s1. The highest BCUT2D eigenvalue weighted by atomic mass is 32.2. The van der Waals surface area contributed by atoms with E-state index in [0.29, 0.717) is 18.7 Å². The van der Waals surface area contributed by atoms with E-state index in [1.165, 1.54) is 0 Å². The van der Waals surface area contributed by atoms with Crippen LogP contribution in [0.4, 0.5) is 5.69 Å². The zero-order valence-corrected chi connectivity index (χ0v) is 21.1. The van der Waals surface area contributed by atoms with Crippen LogP contribution in [0.15, 0.2) is 96.4 Å². The van der Waals surface area contributed by atoms with Gasteiger partial charge in [0.15, 0.2) is 6.29 Å². The quantitative estimate of drug-likeness (QED) is 0.388. The number of ether oxygens (including phenoxy) is 2. The van der Waals surface area contributed by atoms with Gasteiger partial charge in [-0.25, -0.2) is 8.42 Å². The van der Waals surface area contributed by atoms with Crippen LogP contribution in [0.2, 0.25) is 0 Å². The highest BCUT2D eigenvalue weighted by molar-refractivity contribution is 7.92. The number of hydrogen-bond donors (Lipinski definition) is 2. The van der Waals surface area contributed by atoms with E-state index in [1.807, 2.05) is 49.5 Å². The normalized spacial score (nSPS) is 20.2. The molecule has 3 aromatic rings. The molecular weight excluding hydrogens is 476 g/mol. The van der Waals surface area contributed by atoms with Crippen molar-refractivity contribution in [2.45, 2.75) is 36.4 Å². The number of nitrogens with zero attached hydrogens (tertiary/aromatic N) is 1. The van der Waals surface area contributed by atoms with Crippen LogP contribution >= 0.6 is 0 Å². The summed E-state index contributed by atoms with van der Waals surface area (Å²) in [7, 11) is -1.65. The number of aliphatic hydroxyl groups excluding tert-OH is 1. The molecule has 36 heavy (non-hydrogen) atoms. The van der Waals surface area contributed by atoms with Crippen molar-refractivity contribution in [1.82, 2.24) is 4.90 Å². The van der Waals surface area contributed by atoms with Gasteiger partial charge in [0, 0.05) is 30.8 Å². The molecule has 2 N–H and O–H groups in total. The summed E-state index contributed by atoms with van der Waals surface area (Å²) >= 11 is 0. The van der Waals surface area contributed by atoms with Crippen molar-refractivity contribution >= 4 is 15.7 Å². The van der Waals surface area contributed by atoms with Gasteiger partial charge in [0.25, 0.3) is 10.0 Å². The Hall–Kier alpha value is -3.01. The summed E-state index contributed by atoms with van der Waals surface area (Å²) in [6, 6.07) is 23.0. The third-order valence-corrected chi connectivity index (χ3v) is 7.46. The molecule has 3 atom stereocenters. The number of aliphatic hydroxyl groups is 1. The average Bonchev–Trinajstić information content (AvgIpc) is 2.89. The molecule has 0 aliphatic carbocycles. The lowest BCUT2D eigenvalue weighted by atomic mass is 10.00. The van der Waals surface area contributed by atoms with E-state index in [2.05, 4.69) is 16.2 Å². The Morgan fingerprint density at radius 2 is 1.67 bits per heavy atom. The van der Waals surface area contributed by atoms with E-state index < -0.39 is 16.3 Å². The second kappa shape index (κ2) is 11.8. The van der Waals surface area contributed by atoms with Crippen LogP contribution in [0.25, 0.3) is 0 Å². The summed E-state index contributed by atoms with van der Waals surface area (Å²) in [5, 5.41) is 9.37. The molecule has 7 nitrogen and oxygen atoms in total. The lowest BCUT2D eigenvalue weighted by Crippen LogP contribution is -2.37. The molecule has 0 radical (unpaired) electrons. The molecule has 8 heteroatoms. The van der Waals surface area contributed by atoms with Crippen LogP contribution in [-0.4, -0.2) is 44.7 Å². The number of benzene rings is 3. The van der Waals surface area contributed by atoms with E-state index in [-0.39, 0.29) is 23.7 Å². The maximum absolute atomic E-state index is 12.6. The fraction of sp³-hybridized carbons (Fsp3) is 0.286. The Morgan fingerprint density at radius 3 is 2.31 bits per heavy atom.